The first-order valence-electron chi connectivity index (χ1n) is 7.03. The van der Waals surface area contributed by atoms with Crippen LogP contribution in [0, 0.1) is 5.82 Å². The zero-order chi connectivity index (χ0) is 20.4. The molecular weight excluding hydrogens is 401 g/mol. The van der Waals surface area contributed by atoms with Crippen molar-refractivity contribution in [3.05, 3.63) is 65.0 Å². The summed E-state index contributed by atoms with van der Waals surface area (Å²) >= 11 is 4.72. The SMILES string of the molecule is O=C(NC(=S)Nc1cc(C(F)(F)F)cc(C(F)(F)F)c1)c1cccc(F)c1. The Kier molecular flexibility index (Phi) is 5.73. The van der Waals surface area contributed by atoms with Crippen LogP contribution in [0.2, 0.25) is 0 Å². The van der Waals surface area contributed by atoms with Crippen LogP contribution < -0.4 is 10.6 Å². The molecule has 0 aromatic heterocycles. The van der Waals surface area contributed by atoms with Crippen molar-refractivity contribution in [3.8, 4) is 0 Å². The summed E-state index contributed by atoms with van der Waals surface area (Å²) in [5, 5.41) is 3.57. The van der Waals surface area contributed by atoms with E-state index in [1.54, 1.807) is 0 Å². The number of anilines is 1. The topological polar surface area (TPSA) is 41.1 Å². The van der Waals surface area contributed by atoms with Crippen molar-refractivity contribution >= 4 is 28.9 Å². The molecule has 0 saturated carbocycles. The van der Waals surface area contributed by atoms with Crippen molar-refractivity contribution in [2.45, 2.75) is 12.4 Å². The van der Waals surface area contributed by atoms with Crippen LogP contribution in [0.5, 0.6) is 0 Å². The molecule has 2 N–H and O–H groups in total. The smallest absolute Gasteiger partial charge is 0.332 e. The van der Waals surface area contributed by atoms with Crippen molar-refractivity contribution in [3.63, 3.8) is 0 Å². The summed E-state index contributed by atoms with van der Waals surface area (Å²) in [5.41, 5.74) is -3.85. The van der Waals surface area contributed by atoms with Crippen LogP contribution in [0.1, 0.15) is 21.5 Å². The molecule has 0 radical (unpaired) electrons. The second kappa shape index (κ2) is 7.51. The number of nitrogens with one attached hydrogen (secondary N) is 2. The molecule has 0 saturated heterocycles. The fourth-order valence-electron chi connectivity index (χ4n) is 1.99. The average Bonchev–Trinajstić information content (AvgIpc) is 2.52. The van der Waals surface area contributed by atoms with Gasteiger partial charge < -0.3 is 5.32 Å². The highest BCUT2D eigenvalue weighted by Gasteiger charge is 2.37. The van der Waals surface area contributed by atoms with E-state index in [9.17, 15) is 35.5 Å². The van der Waals surface area contributed by atoms with Crippen LogP contribution >= 0.6 is 12.2 Å². The summed E-state index contributed by atoms with van der Waals surface area (Å²) in [7, 11) is 0. The van der Waals surface area contributed by atoms with E-state index < -0.39 is 46.0 Å². The normalized spacial score (nSPS) is 11.8. The van der Waals surface area contributed by atoms with Crippen molar-refractivity contribution in [1.29, 1.82) is 0 Å². The molecule has 0 heterocycles. The summed E-state index contributed by atoms with van der Waals surface area (Å²) in [4.78, 5) is 11.9. The van der Waals surface area contributed by atoms with Gasteiger partial charge in [-0.2, -0.15) is 26.3 Å². The second-order valence-corrected chi connectivity index (χ2v) is 5.62. The van der Waals surface area contributed by atoms with Gasteiger partial charge in [0.25, 0.3) is 5.91 Å². The highest BCUT2D eigenvalue weighted by atomic mass is 32.1. The quantitative estimate of drug-likeness (QED) is 0.542. The Balaban J connectivity index is 2.23. The molecule has 27 heavy (non-hydrogen) atoms. The number of amides is 1. The van der Waals surface area contributed by atoms with E-state index in [0.29, 0.717) is 12.1 Å². The van der Waals surface area contributed by atoms with E-state index >= 15 is 0 Å². The summed E-state index contributed by atoms with van der Waals surface area (Å²) < 4.78 is 89.9. The number of carbonyl (C=O) groups is 1. The van der Waals surface area contributed by atoms with Gasteiger partial charge in [0.1, 0.15) is 5.82 Å². The van der Waals surface area contributed by atoms with Gasteiger partial charge in [0.05, 0.1) is 11.1 Å². The Morgan fingerprint density at radius 1 is 0.889 bits per heavy atom. The molecule has 1 amide bonds. The fourth-order valence-corrected chi connectivity index (χ4v) is 2.20. The summed E-state index contributed by atoms with van der Waals surface area (Å²) in [5.74, 6) is -1.61. The minimum absolute atomic E-state index is 0.0421. The third-order valence-corrected chi connectivity index (χ3v) is 3.36. The molecule has 0 aliphatic rings. The minimum Gasteiger partial charge on any atom is -0.332 e. The highest BCUT2D eigenvalue weighted by molar-refractivity contribution is 7.80. The van der Waals surface area contributed by atoms with E-state index in [2.05, 4.69) is 5.32 Å². The number of carbonyl (C=O) groups excluding carboxylic acids is 1. The zero-order valence-corrected chi connectivity index (χ0v) is 13.8. The largest absolute Gasteiger partial charge is 0.416 e. The number of hydrogen-bond donors (Lipinski definition) is 2. The Hall–Kier alpha value is -2.69. The van der Waals surface area contributed by atoms with Gasteiger partial charge in [0, 0.05) is 11.3 Å². The minimum atomic E-state index is -5.02. The molecule has 0 atom stereocenters. The number of alkyl halides is 6. The predicted molar refractivity (Wildman–Crippen MR) is 86.5 cm³/mol. The number of benzene rings is 2. The Labute approximate surface area is 153 Å². The lowest BCUT2D eigenvalue weighted by Gasteiger charge is -2.16. The van der Waals surface area contributed by atoms with Crippen LogP contribution in [-0.2, 0) is 12.4 Å². The second-order valence-electron chi connectivity index (χ2n) is 5.21. The van der Waals surface area contributed by atoms with Crippen LogP contribution in [0.3, 0.4) is 0 Å². The van der Waals surface area contributed by atoms with Crippen LogP contribution in [-0.4, -0.2) is 11.0 Å². The zero-order valence-electron chi connectivity index (χ0n) is 13.0. The molecule has 0 fully saturated rings. The number of rotatable bonds is 2. The maximum Gasteiger partial charge on any atom is 0.416 e. The van der Waals surface area contributed by atoms with E-state index in [1.165, 1.54) is 12.1 Å². The molecule has 2 aromatic rings. The summed E-state index contributed by atoms with van der Waals surface area (Å²) in [6, 6.07) is 5.22. The van der Waals surface area contributed by atoms with Gasteiger partial charge in [0.15, 0.2) is 5.11 Å². The molecule has 11 heteroatoms. The van der Waals surface area contributed by atoms with Gasteiger partial charge in [-0.15, -0.1) is 0 Å². The fraction of sp³-hybridized carbons (Fsp3) is 0.125. The maximum atomic E-state index is 13.1. The lowest BCUT2D eigenvalue weighted by atomic mass is 10.1. The van der Waals surface area contributed by atoms with E-state index in [-0.39, 0.29) is 11.6 Å². The summed E-state index contributed by atoms with van der Waals surface area (Å²) in [6.07, 6.45) is -10.0. The van der Waals surface area contributed by atoms with Crippen LogP contribution in [0.25, 0.3) is 0 Å². The molecule has 2 aromatic carbocycles. The first-order chi connectivity index (χ1) is 12.4. The third kappa shape index (κ3) is 5.64. The molecule has 144 valence electrons. The van der Waals surface area contributed by atoms with Gasteiger partial charge in [0.2, 0.25) is 0 Å². The number of halogens is 7. The lowest BCUT2D eigenvalue weighted by Crippen LogP contribution is -2.34. The molecule has 2 rings (SSSR count). The van der Waals surface area contributed by atoms with Gasteiger partial charge in [-0.1, -0.05) is 6.07 Å². The van der Waals surface area contributed by atoms with Crippen molar-refractivity contribution < 1.29 is 35.5 Å². The molecule has 3 nitrogen and oxygen atoms in total. The highest BCUT2D eigenvalue weighted by Crippen LogP contribution is 2.37. The van der Waals surface area contributed by atoms with Gasteiger partial charge in [-0.3, -0.25) is 10.1 Å². The number of thiocarbonyl (C=S) groups is 1. The van der Waals surface area contributed by atoms with Crippen molar-refractivity contribution in [2.75, 3.05) is 5.32 Å². The molecule has 0 aliphatic carbocycles. The Morgan fingerprint density at radius 2 is 1.44 bits per heavy atom. The first-order valence-corrected chi connectivity index (χ1v) is 7.44. The molecule has 0 unspecified atom stereocenters. The standard InChI is InChI=1S/C16H9F7N2OS/c17-11-3-1-2-8(4-11)13(26)25-14(27)24-12-6-9(15(18,19)20)5-10(7-12)16(21,22)23/h1-7H,(H2,24,25,26,27). The lowest BCUT2D eigenvalue weighted by molar-refractivity contribution is -0.143. The molecule has 0 spiro atoms. The van der Waals surface area contributed by atoms with E-state index in [4.69, 9.17) is 12.2 Å². The van der Waals surface area contributed by atoms with Gasteiger partial charge >= 0.3 is 12.4 Å². The maximum absolute atomic E-state index is 13.1. The molecule has 0 bridgehead atoms. The Bertz CT molecular complexity index is 846. The summed E-state index contributed by atoms with van der Waals surface area (Å²) in [6.45, 7) is 0. The van der Waals surface area contributed by atoms with Gasteiger partial charge in [-0.05, 0) is 48.6 Å². The Morgan fingerprint density at radius 3 is 1.93 bits per heavy atom. The molecule has 0 aliphatic heterocycles. The van der Waals surface area contributed by atoms with Crippen molar-refractivity contribution in [1.82, 2.24) is 5.32 Å². The van der Waals surface area contributed by atoms with Crippen LogP contribution in [0.15, 0.2) is 42.5 Å². The average molecular weight is 410 g/mol. The number of hydrogen-bond acceptors (Lipinski definition) is 2. The van der Waals surface area contributed by atoms with Crippen LogP contribution in [0.4, 0.5) is 36.4 Å². The molecular formula is C16H9F7N2OS. The monoisotopic (exact) mass is 410 g/mol. The first kappa shape index (κ1) is 20.6. The van der Waals surface area contributed by atoms with E-state index in [1.807, 2.05) is 5.32 Å². The van der Waals surface area contributed by atoms with E-state index in [0.717, 1.165) is 12.1 Å². The third-order valence-electron chi connectivity index (χ3n) is 3.16. The van der Waals surface area contributed by atoms with Crippen molar-refractivity contribution in [2.24, 2.45) is 0 Å². The van der Waals surface area contributed by atoms with Gasteiger partial charge in [-0.25, -0.2) is 4.39 Å². The predicted octanol–water partition coefficient (Wildman–Crippen LogP) is 4.99.